The number of hydrogen-bond donors (Lipinski definition) is 6. The monoisotopic (exact) mass is 1490 g/mol. The lowest BCUT2D eigenvalue weighted by molar-refractivity contribution is -0.137. The summed E-state index contributed by atoms with van der Waals surface area (Å²) in [4.78, 5) is 64.6. The molecule has 0 aliphatic rings. The van der Waals surface area contributed by atoms with Crippen LogP contribution in [0.2, 0.25) is 5.02 Å². The number of carboxylic acid groups (broad SMARTS) is 6. The first-order valence-electron chi connectivity index (χ1n) is 33.9. The van der Waals surface area contributed by atoms with E-state index in [0.29, 0.717) is 79.5 Å². The summed E-state index contributed by atoms with van der Waals surface area (Å²) in [6, 6.07) is 91.8. The number of aliphatic carboxylic acids is 2. The topological polar surface area (TPSA) is 288 Å². The smallest absolute Gasteiger partial charge is 0.337 e. The molecule has 12 aromatic carbocycles. The zero-order chi connectivity index (χ0) is 78.1. The van der Waals surface area contributed by atoms with Crippen molar-refractivity contribution in [2.45, 2.75) is 66.3 Å². The van der Waals surface area contributed by atoms with Crippen molar-refractivity contribution in [3.8, 4) is 40.2 Å². The largest absolute Gasteiger partial charge is 0.493 e. The van der Waals surface area contributed by atoms with E-state index in [4.69, 9.17) is 75.4 Å². The molecule has 0 atom stereocenters. The average Bonchev–Trinajstić information content (AvgIpc) is 0.847. The molecule has 0 aliphatic carbocycles. The molecule has 0 saturated heterocycles. The highest BCUT2D eigenvalue weighted by atomic mass is 35.5. The standard InChI is InChI=1S/C16H16O3.C15H14O4.2C15H14O3.C14H11ClO3.C14H12O3/c1-11-8-14(16(17)18)9-12(2)15(11)19-10-13-6-4-3-5-7-13;1-18-13-8-7-12(15(16)17)9-14(13)19-10-11-5-3-2-4-6-11;16-15(17)10-13-8-4-5-9-14(13)18-11-12-6-2-1-3-7-12;16-15(17)10-12-6-8-14(9-7-12)18-11-13-4-2-1-3-5-13;15-13-8-11(6-7-12(13)14(16)17)18-9-10-4-2-1-3-5-10;15-14(16)12-6-8-13(9-7-12)17-10-11-4-2-1-3-5-11/h3-9H,10H2,1-2H3,(H,17,18);2-9H,10H2,1H3,(H,16,17);2*1-9H,10-11H2,(H,16,17);1-8H,9H2,(H,16,17);1-9H,10H2,(H,15,16). The van der Waals surface area contributed by atoms with Crippen LogP contribution in [0.3, 0.4) is 0 Å². The number of rotatable bonds is 27. The molecule has 109 heavy (non-hydrogen) atoms. The molecule has 12 rings (SSSR count). The van der Waals surface area contributed by atoms with Gasteiger partial charge >= 0.3 is 35.8 Å². The summed E-state index contributed by atoms with van der Waals surface area (Å²) < 4.78 is 38.9. The summed E-state index contributed by atoms with van der Waals surface area (Å²) in [6.45, 7) is 6.42. The molecule has 19 nitrogen and oxygen atoms in total. The van der Waals surface area contributed by atoms with Crippen molar-refractivity contribution >= 4 is 47.4 Å². The van der Waals surface area contributed by atoms with Gasteiger partial charge in [0.25, 0.3) is 0 Å². The fourth-order valence-corrected chi connectivity index (χ4v) is 10.2. The Morgan fingerprint density at radius 3 is 1.03 bits per heavy atom. The van der Waals surface area contributed by atoms with Gasteiger partial charge in [0.15, 0.2) is 11.5 Å². The van der Waals surface area contributed by atoms with Crippen LogP contribution in [0.4, 0.5) is 0 Å². The number of halogens is 1. The third kappa shape index (κ3) is 30.2. The van der Waals surface area contributed by atoms with E-state index in [2.05, 4.69) is 0 Å². The maximum absolute atomic E-state index is 11.0. The van der Waals surface area contributed by atoms with Crippen LogP contribution in [0, 0.1) is 13.8 Å². The van der Waals surface area contributed by atoms with Gasteiger partial charge in [0, 0.05) is 5.56 Å². The molecule has 0 amide bonds. The van der Waals surface area contributed by atoms with Crippen molar-refractivity contribution in [2.75, 3.05) is 7.11 Å². The lowest BCUT2D eigenvalue weighted by Crippen LogP contribution is -2.04. The lowest BCUT2D eigenvalue weighted by Gasteiger charge is -2.13. The summed E-state index contributed by atoms with van der Waals surface area (Å²) in [7, 11) is 1.52. The fraction of sp³-hybridized carbons (Fsp3) is 0.124. The van der Waals surface area contributed by atoms with Crippen LogP contribution in [0.25, 0.3) is 0 Å². The van der Waals surface area contributed by atoms with Crippen molar-refractivity contribution in [3.63, 3.8) is 0 Å². The normalized spacial score (nSPS) is 10.0. The lowest BCUT2D eigenvalue weighted by atomic mass is 10.1. The Morgan fingerprint density at radius 1 is 0.294 bits per heavy atom. The number of carbonyl (C=O) groups is 6. The van der Waals surface area contributed by atoms with Gasteiger partial charge < -0.3 is 63.8 Å². The van der Waals surface area contributed by atoms with E-state index in [1.807, 2.05) is 208 Å². The van der Waals surface area contributed by atoms with Crippen LogP contribution >= 0.6 is 11.6 Å². The molecule has 0 aliphatic heterocycles. The number of methoxy groups -OCH3 is 1. The number of para-hydroxylation sites is 1. The second-order valence-corrected chi connectivity index (χ2v) is 24.1. The second-order valence-electron chi connectivity index (χ2n) is 23.7. The van der Waals surface area contributed by atoms with Crippen molar-refractivity contribution in [3.05, 3.63) is 386 Å². The molecule has 20 heteroatoms. The minimum Gasteiger partial charge on any atom is -0.493 e. The number of carboxylic acids is 6. The molecule has 0 saturated carbocycles. The Hall–Kier alpha value is -13.7. The summed E-state index contributed by atoms with van der Waals surface area (Å²) in [6.07, 6.45) is 0.0178. The van der Waals surface area contributed by atoms with E-state index in [0.717, 1.165) is 61.6 Å². The zero-order valence-electron chi connectivity index (χ0n) is 59.9. The van der Waals surface area contributed by atoms with Crippen LogP contribution in [0.1, 0.15) is 97.1 Å². The SMILES string of the molecule is COc1ccc(C(=O)O)cc1OCc1ccccc1.Cc1cc(C(=O)O)cc(C)c1OCc1ccccc1.O=C(O)Cc1ccc(OCc2ccccc2)cc1.O=C(O)Cc1ccccc1OCc1ccccc1.O=C(O)c1ccc(OCc2ccccc2)cc1.O=C(O)c1ccc(OCc2ccccc2)cc1Cl. The van der Waals surface area contributed by atoms with Gasteiger partial charge in [-0.05, 0) is 155 Å². The Kier molecular flexibility index (Phi) is 34.0. The predicted octanol–water partition coefficient (Wildman–Crippen LogP) is 18.9. The highest BCUT2D eigenvalue weighted by Gasteiger charge is 2.14. The minimum absolute atomic E-state index is 0.0229. The minimum atomic E-state index is -1.05. The van der Waals surface area contributed by atoms with Crippen LogP contribution in [0.5, 0.6) is 40.2 Å². The van der Waals surface area contributed by atoms with Crippen molar-refractivity contribution in [1.29, 1.82) is 0 Å². The molecular weight excluding hydrogens is 1410 g/mol. The molecule has 558 valence electrons. The molecule has 0 unspecified atom stereocenters. The van der Waals surface area contributed by atoms with E-state index in [1.54, 1.807) is 72.8 Å². The van der Waals surface area contributed by atoms with Gasteiger partial charge in [-0.25, -0.2) is 19.2 Å². The molecule has 0 aromatic heterocycles. The van der Waals surface area contributed by atoms with Gasteiger partial charge in [0.1, 0.15) is 68.4 Å². The number of ether oxygens (including phenoxy) is 7. The molecule has 0 radical (unpaired) electrons. The fourth-order valence-electron chi connectivity index (χ4n) is 9.93. The summed E-state index contributed by atoms with van der Waals surface area (Å²) in [5.74, 6) is -1.29. The van der Waals surface area contributed by atoms with Crippen molar-refractivity contribution in [2.24, 2.45) is 0 Å². The van der Waals surface area contributed by atoms with Gasteiger partial charge in [0.2, 0.25) is 0 Å². The first kappa shape index (κ1) is 82.6. The van der Waals surface area contributed by atoms with Crippen molar-refractivity contribution in [1.82, 2.24) is 0 Å². The Morgan fingerprint density at radius 2 is 0.642 bits per heavy atom. The van der Waals surface area contributed by atoms with Gasteiger partial charge in [-0.15, -0.1) is 0 Å². The van der Waals surface area contributed by atoms with Crippen LogP contribution in [0.15, 0.2) is 303 Å². The number of aromatic carboxylic acids is 4. The Balaban J connectivity index is 0.000000182. The van der Waals surface area contributed by atoms with Crippen LogP contribution in [-0.4, -0.2) is 73.6 Å². The number of hydrogen-bond acceptors (Lipinski definition) is 13. The Bertz CT molecular complexity index is 4780. The van der Waals surface area contributed by atoms with Crippen LogP contribution in [-0.2, 0) is 62.1 Å². The molecule has 6 N–H and O–H groups in total. The van der Waals surface area contributed by atoms with E-state index in [1.165, 1.54) is 43.5 Å². The van der Waals surface area contributed by atoms with E-state index in [9.17, 15) is 28.8 Å². The first-order valence-corrected chi connectivity index (χ1v) is 34.3. The van der Waals surface area contributed by atoms with Gasteiger partial charge in [-0.3, -0.25) is 9.59 Å². The summed E-state index contributed by atoms with van der Waals surface area (Å²) in [5.41, 5.74) is 10.3. The molecule has 0 heterocycles. The van der Waals surface area contributed by atoms with E-state index >= 15 is 0 Å². The summed E-state index contributed by atoms with van der Waals surface area (Å²) in [5, 5.41) is 53.2. The van der Waals surface area contributed by atoms with Gasteiger partial charge in [-0.2, -0.15) is 0 Å². The van der Waals surface area contributed by atoms with E-state index in [-0.39, 0.29) is 34.6 Å². The molecular formula is C89H81ClO19. The van der Waals surface area contributed by atoms with Gasteiger partial charge in [-0.1, -0.05) is 224 Å². The number of aryl methyl sites for hydroxylation is 2. The quantitative estimate of drug-likeness (QED) is 0.0279. The van der Waals surface area contributed by atoms with E-state index < -0.39 is 35.8 Å². The predicted molar refractivity (Wildman–Crippen MR) is 415 cm³/mol. The highest BCUT2D eigenvalue weighted by Crippen LogP contribution is 2.30. The maximum Gasteiger partial charge on any atom is 0.337 e. The molecule has 12 aromatic rings. The first-order chi connectivity index (χ1) is 52.7. The average molecular weight is 1490 g/mol. The third-order valence-electron chi connectivity index (χ3n) is 15.4. The molecule has 0 spiro atoms. The maximum atomic E-state index is 11.0. The van der Waals surface area contributed by atoms with Crippen molar-refractivity contribution < 1.29 is 92.6 Å². The Labute approximate surface area is 636 Å². The van der Waals surface area contributed by atoms with Crippen LogP contribution < -0.4 is 33.2 Å². The second kappa shape index (κ2) is 44.9. The zero-order valence-corrected chi connectivity index (χ0v) is 60.6. The third-order valence-corrected chi connectivity index (χ3v) is 15.7. The highest BCUT2D eigenvalue weighted by molar-refractivity contribution is 6.33. The molecule has 0 fully saturated rings. The summed E-state index contributed by atoms with van der Waals surface area (Å²) >= 11 is 5.85. The number of benzene rings is 12. The van der Waals surface area contributed by atoms with Gasteiger partial charge in [0.05, 0.1) is 47.2 Å². The molecule has 0 bridgehead atoms.